The van der Waals surface area contributed by atoms with Crippen molar-refractivity contribution in [3.05, 3.63) is 76.1 Å². The molecule has 0 aliphatic heterocycles. The van der Waals surface area contributed by atoms with E-state index < -0.39 is 22.1 Å². The predicted molar refractivity (Wildman–Crippen MR) is 96.0 cm³/mol. The van der Waals surface area contributed by atoms with Gasteiger partial charge in [-0.2, -0.15) is 0 Å². The van der Waals surface area contributed by atoms with E-state index >= 15 is 0 Å². The van der Waals surface area contributed by atoms with Crippen molar-refractivity contribution in [2.45, 2.75) is 0 Å². The zero-order chi connectivity index (χ0) is 19.4. The Kier molecular flexibility index (Phi) is 4.93. The van der Waals surface area contributed by atoms with Crippen LogP contribution in [-0.4, -0.2) is 37.9 Å². The highest BCUT2D eigenvalue weighted by molar-refractivity contribution is 6.05. The molecule has 2 aromatic carbocycles. The first-order chi connectivity index (χ1) is 13.0. The number of methoxy groups -OCH3 is 1. The van der Waals surface area contributed by atoms with Crippen LogP contribution in [0.25, 0.3) is 11.8 Å². The maximum absolute atomic E-state index is 12.5. The van der Waals surface area contributed by atoms with Gasteiger partial charge in [0.25, 0.3) is 0 Å². The average molecular weight is 366 g/mol. The number of rotatable bonds is 6. The van der Waals surface area contributed by atoms with Crippen LogP contribution in [0.2, 0.25) is 0 Å². The van der Waals surface area contributed by atoms with Gasteiger partial charge < -0.3 is 9.84 Å². The molecular formula is C18H14N4O5. The fraction of sp³-hybridized carbons (Fsp3) is 0.0556. The highest BCUT2D eigenvalue weighted by Crippen LogP contribution is 2.37. The van der Waals surface area contributed by atoms with Crippen LogP contribution in [0.5, 0.6) is 11.5 Å². The van der Waals surface area contributed by atoms with Crippen LogP contribution in [0.1, 0.15) is 16.1 Å². The van der Waals surface area contributed by atoms with Gasteiger partial charge in [-0.05, 0) is 29.8 Å². The number of carbonyl (C=O) groups is 1. The Morgan fingerprint density at radius 1 is 1.30 bits per heavy atom. The van der Waals surface area contributed by atoms with Gasteiger partial charge >= 0.3 is 5.69 Å². The van der Waals surface area contributed by atoms with Gasteiger partial charge in [-0.3, -0.25) is 14.9 Å². The van der Waals surface area contributed by atoms with Crippen molar-refractivity contribution in [3.63, 3.8) is 0 Å². The van der Waals surface area contributed by atoms with Crippen LogP contribution in [-0.2, 0) is 0 Å². The Hall–Kier alpha value is -4.01. The highest BCUT2D eigenvalue weighted by atomic mass is 16.6. The number of nitro benzene ring substituents is 1. The summed E-state index contributed by atoms with van der Waals surface area (Å²) in [5.41, 5.74) is 0.715. The maximum Gasteiger partial charge on any atom is 0.315 e. The fourth-order valence-electron chi connectivity index (χ4n) is 2.43. The Balaban J connectivity index is 1.92. The predicted octanol–water partition coefficient (Wildman–Crippen LogP) is 2.79. The number of carbonyl (C=O) groups excluding carboxylic acids is 1. The van der Waals surface area contributed by atoms with Crippen molar-refractivity contribution in [1.29, 1.82) is 0 Å². The molecule has 0 radical (unpaired) electrons. The van der Waals surface area contributed by atoms with E-state index in [2.05, 4.69) is 10.3 Å². The molecular weight excluding hydrogens is 352 g/mol. The number of aromatic hydroxyl groups is 1. The Labute approximate surface area is 153 Å². The molecule has 0 saturated carbocycles. The molecule has 0 amide bonds. The van der Waals surface area contributed by atoms with E-state index in [1.807, 2.05) is 18.2 Å². The van der Waals surface area contributed by atoms with Crippen molar-refractivity contribution in [2.75, 3.05) is 7.11 Å². The number of phenolic OH excluding ortho intramolecular Hbond substituents is 1. The highest BCUT2D eigenvalue weighted by Gasteiger charge is 2.19. The van der Waals surface area contributed by atoms with E-state index in [1.165, 1.54) is 36.2 Å². The summed E-state index contributed by atoms with van der Waals surface area (Å²) in [5, 5.41) is 28.5. The largest absolute Gasteiger partial charge is 0.500 e. The molecule has 9 heteroatoms. The molecule has 27 heavy (non-hydrogen) atoms. The second kappa shape index (κ2) is 7.48. The molecule has 3 aromatic rings. The van der Waals surface area contributed by atoms with E-state index in [4.69, 9.17) is 4.74 Å². The molecule has 0 bridgehead atoms. The summed E-state index contributed by atoms with van der Waals surface area (Å²) in [6, 6.07) is 11.6. The first-order valence-electron chi connectivity index (χ1n) is 7.75. The smallest absolute Gasteiger partial charge is 0.315 e. The number of nitrogens with zero attached hydrogens (tertiary/aromatic N) is 4. The molecule has 3 rings (SSSR count). The SMILES string of the molecule is COc1cc(C=CC(=O)c2cnnn2-c2ccccc2)cc([N+](=O)[O-])c1O. The first kappa shape index (κ1) is 17.8. The van der Waals surface area contributed by atoms with Crippen LogP contribution in [0.4, 0.5) is 5.69 Å². The second-order valence-corrected chi connectivity index (χ2v) is 5.41. The molecule has 0 spiro atoms. The summed E-state index contributed by atoms with van der Waals surface area (Å²) in [6.45, 7) is 0. The molecule has 0 unspecified atom stereocenters. The van der Waals surface area contributed by atoms with Gasteiger partial charge in [0.2, 0.25) is 11.5 Å². The van der Waals surface area contributed by atoms with Crippen LogP contribution in [0.15, 0.2) is 54.7 Å². The standard InChI is InChI=1S/C18H14N4O5/c1-27-17-10-12(9-14(18(17)24)22(25)26)7-8-16(23)15-11-19-20-21(15)13-5-3-2-4-6-13/h2-11,24H,1H3. The minimum atomic E-state index is -0.731. The minimum Gasteiger partial charge on any atom is -0.500 e. The van der Waals surface area contributed by atoms with Crippen LogP contribution in [0, 0.1) is 10.1 Å². The number of ketones is 1. The number of hydrogen-bond donors (Lipinski definition) is 1. The maximum atomic E-state index is 12.5. The van der Waals surface area contributed by atoms with E-state index in [0.29, 0.717) is 11.3 Å². The first-order valence-corrected chi connectivity index (χ1v) is 7.75. The molecule has 0 aliphatic carbocycles. The number of benzene rings is 2. The van der Waals surface area contributed by atoms with Gasteiger partial charge in [-0.1, -0.05) is 29.5 Å². The molecule has 1 aromatic heterocycles. The summed E-state index contributed by atoms with van der Waals surface area (Å²) in [4.78, 5) is 22.8. The third-order valence-electron chi connectivity index (χ3n) is 3.72. The van der Waals surface area contributed by atoms with Crippen LogP contribution < -0.4 is 4.74 Å². The van der Waals surface area contributed by atoms with E-state index in [9.17, 15) is 20.0 Å². The number of ether oxygens (including phenoxy) is 1. The lowest BCUT2D eigenvalue weighted by atomic mass is 10.1. The minimum absolute atomic E-state index is 0.0627. The number of nitro groups is 1. The Morgan fingerprint density at radius 3 is 2.70 bits per heavy atom. The number of hydrogen-bond acceptors (Lipinski definition) is 7. The summed E-state index contributed by atoms with van der Waals surface area (Å²) < 4.78 is 6.33. The van der Waals surface area contributed by atoms with E-state index in [1.54, 1.807) is 12.1 Å². The lowest BCUT2D eigenvalue weighted by Crippen LogP contribution is -2.06. The van der Waals surface area contributed by atoms with Crippen molar-refractivity contribution >= 4 is 17.5 Å². The molecule has 0 saturated heterocycles. The summed E-state index contributed by atoms with van der Waals surface area (Å²) in [5.74, 6) is -1.02. The monoisotopic (exact) mass is 366 g/mol. The molecule has 1 heterocycles. The molecule has 0 fully saturated rings. The fourth-order valence-corrected chi connectivity index (χ4v) is 2.43. The quantitative estimate of drug-likeness (QED) is 0.308. The molecule has 9 nitrogen and oxygen atoms in total. The summed E-state index contributed by atoms with van der Waals surface area (Å²) in [7, 11) is 1.28. The summed E-state index contributed by atoms with van der Waals surface area (Å²) >= 11 is 0. The van der Waals surface area contributed by atoms with E-state index in [-0.39, 0.29) is 11.4 Å². The second-order valence-electron chi connectivity index (χ2n) is 5.41. The van der Waals surface area contributed by atoms with Gasteiger partial charge in [0, 0.05) is 6.07 Å². The third kappa shape index (κ3) is 3.66. The van der Waals surface area contributed by atoms with Gasteiger partial charge in [0.05, 0.1) is 23.9 Å². The van der Waals surface area contributed by atoms with E-state index in [0.717, 1.165) is 6.07 Å². The van der Waals surface area contributed by atoms with Crippen molar-refractivity contribution in [1.82, 2.24) is 15.0 Å². The molecule has 1 N–H and O–H groups in total. The Morgan fingerprint density at radius 2 is 2.04 bits per heavy atom. The molecule has 0 aliphatic rings. The number of allylic oxidation sites excluding steroid dienone is 1. The number of para-hydroxylation sites is 1. The lowest BCUT2D eigenvalue weighted by molar-refractivity contribution is -0.386. The van der Waals surface area contributed by atoms with Crippen molar-refractivity contribution in [2.24, 2.45) is 0 Å². The third-order valence-corrected chi connectivity index (χ3v) is 3.72. The molecule has 136 valence electrons. The number of phenols is 1. The average Bonchev–Trinajstić information content (AvgIpc) is 3.17. The zero-order valence-corrected chi connectivity index (χ0v) is 14.1. The Bertz CT molecular complexity index is 1030. The van der Waals surface area contributed by atoms with Crippen molar-refractivity contribution < 1.29 is 19.6 Å². The number of aromatic nitrogens is 3. The zero-order valence-electron chi connectivity index (χ0n) is 14.1. The van der Waals surface area contributed by atoms with Crippen LogP contribution in [0.3, 0.4) is 0 Å². The van der Waals surface area contributed by atoms with Gasteiger partial charge in [0.1, 0.15) is 5.69 Å². The normalized spacial score (nSPS) is 10.9. The van der Waals surface area contributed by atoms with Gasteiger partial charge in [0.15, 0.2) is 5.75 Å². The van der Waals surface area contributed by atoms with Crippen molar-refractivity contribution in [3.8, 4) is 17.2 Å². The van der Waals surface area contributed by atoms with Crippen LogP contribution >= 0.6 is 0 Å². The summed E-state index contributed by atoms with van der Waals surface area (Å²) in [6.07, 6.45) is 3.97. The van der Waals surface area contributed by atoms with Gasteiger partial charge in [-0.15, -0.1) is 5.10 Å². The lowest BCUT2D eigenvalue weighted by Gasteiger charge is -2.05. The molecule has 0 atom stereocenters. The van der Waals surface area contributed by atoms with Gasteiger partial charge in [-0.25, -0.2) is 4.68 Å². The topological polar surface area (TPSA) is 120 Å².